The van der Waals surface area contributed by atoms with Crippen LogP contribution in [-0.2, 0) is 6.54 Å². The summed E-state index contributed by atoms with van der Waals surface area (Å²) in [5, 5.41) is 8.64. The summed E-state index contributed by atoms with van der Waals surface area (Å²) in [7, 11) is 2.14. The predicted octanol–water partition coefficient (Wildman–Crippen LogP) is 4.26. The molecule has 0 bridgehead atoms. The van der Waals surface area contributed by atoms with Gasteiger partial charge in [0.1, 0.15) is 0 Å². The van der Waals surface area contributed by atoms with E-state index in [0.29, 0.717) is 11.5 Å². The summed E-state index contributed by atoms with van der Waals surface area (Å²) >= 11 is 0. The molecule has 1 saturated carbocycles. The maximum Gasteiger partial charge on any atom is 0.274 e. The first-order chi connectivity index (χ1) is 11.9. The Morgan fingerprint density at radius 2 is 2.00 bits per heavy atom. The Bertz CT molecular complexity index is 582. The minimum absolute atomic E-state index is 0.467. The number of nitrogens with zero attached hydrogens (tertiary/aromatic N) is 1. The number of allylic oxidation sites excluding steroid dienone is 1. The van der Waals surface area contributed by atoms with Crippen LogP contribution >= 0.6 is 0 Å². The fraction of sp³-hybridized carbons (Fsp3) is 0.571. The Hall–Kier alpha value is -1.65. The van der Waals surface area contributed by atoms with E-state index in [2.05, 4.69) is 32.4 Å². The molecule has 3 atom stereocenters. The average Bonchev–Trinajstić information content (AvgIpc) is 2.59. The van der Waals surface area contributed by atoms with Crippen LogP contribution in [0.1, 0.15) is 55.5 Å². The number of carbonyl (C=O) groups excluding carboxylic acids is 1. The highest BCUT2D eigenvalue weighted by Crippen LogP contribution is 2.38. The molecule has 2 rings (SSSR count). The number of carbonyl (C=O) groups is 1. The molecule has 0 radical (unpaired) electrons. The molecule has 138 valence electrons. The summed E-state index contributed by atoms with van der Waals surface area (Å²) in [5.41, 5.74) is 4.73. The van der Waals surface area contributed by atoms with Gasteiger partial charge in [0.15, 0.2) is 0 Å². The van der Waals surface area contributed by atoms with Crippen LogP contribution in [0.2, 0.25) is 0 Å². The molecule has 1 aromatic rings. The number of hydrogen-bond acceptors (Lipinski definition) is 3. The van der Waals surface area contributed by atoms with E-state index in [0.717, 1.165) is 24.9 Å². The van der Waals surface area contributed by atoms with Crippen molar-refractivity contribution in [2.75, 3.05) is 13.6 Å². The minimum Gasteiger partial charge on any atom is -0.302 e. The Morgan fingerprint density at radius 1 is 1.32 bits per heavy atom. The molecule has 3 unspecified atom stereocenters. The molecule has 1 aromatic carbocycles. The SMILES string of the molecule is C=C1CC(CCCN(C)Cc2ccc(C(=O)NO)cc2)CC(C)C1C. The van der Waals surface area contributed by atoms with Gasteiger partial charge in [0.2, 0.25) is 0 Å². The van der Waals surface area contributed by atoms with E-state index in [1.807, 2.05) is 12.1 Å². The lowest BCUT2D eigenvalue weighted by Crippen LogP contribution is -2.24. The molecule has 4 heteroatoms. The molecule has 1 amide bonds. The van der Waals surface area contributed by atoms with Crippen molar-refractivity contribution in [3.8, 4) is 0 Å². The molecule has 4 nitrogen and oxygen atoms in total. The Morgan fingerprint density at radius 3 is 2.60 bits per heavy atom. The largest absolute Gasteiger partial charge is 0.302 e. The highest BCUT2D eigenvalue weighted by molar-refractivity contribution is 5.93. The van der Waals surface area contributed by atoms with Crippen molar-refractivity contribution in [2.45, 2.75) is 46.1 Å². The zero-order valence-electron chi connectivity index (χ0n) is 15.8. The van der Waals surface area contributed by atoms with Gasteiger partial charge in [-0.1, -0.05) is 38.1 Å². The second kappa shape index (κ2) is 9.16. The van der Waals surface area contributed by atoms with Crippen LogP contribution in [-0.4, -0.2) is 29.6 Å². The van der Waals surface area contributed by atoms with Crippen LogP contribution in [0.3, 0.4) is 0 Å². The van der Waals surface area contributed by atoms with Gasteiger partial charge in [-0.05, 0) is 74.7 Å². The van der Waals surface area contributed by atoms with E-state index in [1.54, 1.807) is 17.6 Å². The predicted molar refractivity (Wildman–Crippen MR) is 101 cm³/mol. The van der Waals surface area contributed by atoms with Crippen molar-refractivity contribution in [3.05, 3.63) is 47.5 Å². The molecule has 0 saturated heterocycles. The van der Waals surface area contributed by atoms with Crippen molar-refractivity contribution in [1.82, 2.24) is 10.4 Å². The number of nitrogens with one attached hydrogen (secondary N) is 1. The van der Waals surface area contributed by atoms with E-state index in [9.17, 15) is 4.79 Å². The van der Waals surface area contributed by atoms with Crippen LogP contribution in [0.25, 0.3) is 0 Å². The zero-order chi connectivity index (χ0) is 18.4. The molecule has 0 heterocycles. The van der Waals surface area contributed by atoms with Crippen molar-refractivity contribution >= 4 is 5.91 Å². The first-order valence-corrected chi connectivity index (χ1v) is 9.30. The maximum absolute atomic E-state index is 11.3. The maximum atomic E-state index is 11.3. The molecule has 0 aliphatic heterocycles. The second-order valence-electron chi connectivity index (χ2n) is 7.75. The highest BCUT2D eigenvalue weighted by atomic mass is 16.5. The van der Waals surface area contributed by atoms with E-state index in [4.69, 9.17) is 5.21 Å². The summed E-state index contributed by atoms with van der Waals surface area (Å²) in [6.45, 7) is 10.9. The third-order valence-corrected chi connectivity index (χ3v) is 5.68. The molecule has 1 aliphatic rings. The molecule has 0 spiro atoms. The number of amides is 1. The van der Waals surface area contributed by atoms with Gasteiger partial charge >= 0.3 is 0 Å². The van der Waals surface area contributed by atoms with Gasteiger partial charge in [0, 0.05) is 12.1 Å². The Labute approximate surface area is 151 Å². The summed E-state index contributed by atoms with van der Waals surface area (Å²) in [6.07, 6.45) is 5.01. The summed E-state index contributed by atoms with van der Waals surface area (Å²) in [6, 6.07) is 7.36. The topological polar surface area (TPSA) is 52.6 Å². The van der Waals surface area contributed by atoms with Crippen LogP contribution in [0.4, 0.5) is 0 Å². The van der Waals surface area contributed by atoms with Crippen molar-refractivity contribution < 1.29 is 10.0 Å². The van der Waals surface area contributed by atoms with Crippen molar-refractivity contribution in [1.29, 1.82) is 0 Å². The highest BCUT2D eigenvalue weighted by Gasteiger charge is 2.26. The molecular weight excluding hydrogens is 312 g/mol. The van der Waals surface area contributed by atoms with E-state index < -0.39 is 5.91 Å². The third-order valence-electron chi connectivity index (χ3n) is 5.68. The van der Waals surface area contributed by atoms with Gasteiger partial charge in [0.05, 0.1) is 0 Å². The fourth-order valence-electron chi connectivity index (χ4n) is 3.86. The van der Waals surface area contributed by atoms with Crippen LogP contribution in [0, 0.1) is 17.8 Å². The van der Waals surface area contributed by atoms with Gasteiger partial charge in [0.25, 0.3) is 5.91 Å². The lowest BCUT2D eigenvalue weighted by molar-refractivity contribution is 0.0706. The lowest BCUT2D eigenvalue weighted by atomic mass is 9.72. The standard InChI is InChI=1S/C21H32N2O2/c1-15-12-19(13-16(2)17(15)3)6-5-11-23(4)14-18-7-9-20(10-8-18)21(24)22-25/h7-10,16-17,19,25H,1,5-6,11-14H2,2-4H3,(H,22,24). The summed E-state index contributed by atoms with van der Waals surface area (Å²) in [4.78, 5) is 13.7. The van der Waals surface area contributed by atoms with Gasteiger partial charge in [-0.2, -0.15) is 0 Å². The van der Waals surface area contributed by atoms with Gasteiger partial charge in [-0.3, -0.25) is 10.0 Å². The second-order valence-corrected chi connectivity index (χ2v) is 7.75. The summed E-state index contributed by atoms with van der Waals surface area (Å²) < 4.78 is 0. The number of rotatable bonds is 7. The number of hydrogen-bond donors (Lipinski definition) is 2. The molecule has 25 heavy (non-hydrogen) atoms. The minimum atomic E-state index is -0.475. The molecule has 2 N–H and O–H groups in total. The molecule has 1 fully saturated rings. The lowest BCUT2D eigenvalue weighted by Gasteiger charge is -2.34. The van der Waals surface area contributed by atoms with Gasteiger partial charge in [-0.15, -0.1) is 0 Å². The van der Waals surface area contributed by atoms with Crippen LogP contribution < -0.4 is 5.48 Å². The number of benzene rings is 1. The van der Waals surface area contributed by atoms with Crippen molar-refractivity contribution in [3.63, 3.8) is 0 Å². The smallest absolute Gasteiger partial charge is 0.274 e. The Balaban J connectivity index is 1.73. The first kappa shape index (κ1) is 19.7. The van der Waals surface area contributed by atoms with E-state index in [1.165, 1.54) is 36.8 Å². The molecular formula is C21H32N2O2. The number of hydroxylamine groups is 1. The molecule has 1 aliphatic carbocycles. The third kappa shape index (κ3) is 5.68. The first-order valence-electron chi connectivity index (χ1n) is 9.30. The van der Waals surface area contributed by atoms with Crippen LogP contribution in [0.5, 0.6) is 0 Å². The quantitative estimate of drug-likeness (QED) is 0.441. The zero-order valence-corrected chi connectivity index (χ0v) is 15.8. The van der Waals surface area contributed by atoms with E-state index in [-0.39, 0.29) is 0 Å². The monoisotopic (exact) mass is 344 g/mol. The fourth-order valence-corrected chi connectivity index (χ4v) is 3.86. The van der Waals surface area contributed by atoms with Gasteiger partial charge in [-0.25, -0.2) is 5.48 Å². The normalized spacial score (nSPS) is 23.7. The van der Waals surface area contributed by atoms with Gasteiger partial charge < -0.3 is 4.90 Å². The van der Waals surface area contributed by atoms with E-state index >= 15 is 0 Å². The van der Waals surface area contributed by atoms with Crippen LogP contribution in [0.15, 0.2) is 36.4 Å². The summed E-state index contributed by atoms with van der Waals surface area (Å²) in [5.74, 6) is 1.76. The molecule has 0 aromatic heterocycles. The Kier molecular flexibility index (Phi) is 7.21. The average molecular weight is 344 g/mol. The van der Waals surface area contributed by atoms with Crippen molar-refractivity contribution in [2.24, 2.45) is 17.8 Å².